The first-order valence-corrected chi connectivity index (χ1v) is 8.14. The van der Waals surface area contributed by atoms with E-state index in [2.05, 4.69) is 5.32 Å². The quantitative estimate of drug-likeness (QED) is 0.839. The molecule has 0 aromatic heterocycles. The Hall–Kier alpha value is -1.69. The van der Waals surface area contributed by atoms with E-state index >= 15 is 0 Å². The van der Waals surface area contributed by atoms with Gasteiger partial charge in [-0.05, 0) is 33.3 Å². The van der Waals surface area contributed by atoms with Crippen LogP contribution in [0.2, 0.25) is 0 Å². The standard InChI is InChI=1S/C16H23NO4S/c1-15(2,3)21-14(20)17-16(4,13(18)19)11-22-10-12-8-6-5-7-9-12/h5-9H,10-11H2,1-4H3,(H,17,20)(H,18,19)/t16-/m0/s1. The zero-order chi connectivity index (χ0) is 16.8. The molecule has 1 atom stereocenters. The van der Waals surface area contributed by atoms with Crippen molar-refractivity contribution in [2.24, 2.45) is 0 Å². The van der Waals surface area contributed by atoms with E-state index in [1.54, 1.807) is 20.8 Å². The maximum absolute atomic E-state index is 11.8. The largest absolute Gasteiger partial charge is 0.479 e. The fraction of sp³-hybridized carbons (Fsp3) is 0.500. The molecule has 1 rings (SSSR count). The summed E-state index contributed by atoms with van der Waals surface area (Å²) in [5.41, 5.74) is -0.930. The fourth-order valence-corrected chi connectivity index (χ4v) is 2.76. The number of aliphatic carboxylic acids is 1. The van der Waals surface area contributed by atoms with Crippen LogP contribution in [0, 0.1) is 0 Å². The molecule has 1 amide bonds. The van der Waals surface area contributed by atoms with Gasteiger partial charge >= 0.3 is 12.1 Å². The fourth-order valence-electron chi connectivity index (χ4n) is 1.63. The number of carbonyl (C=O) groups is 2. The summed E-state index contributed by atoms with van der Waals surface area (Å²) in [6.45, 7) is 6.68. The van der Waals surface area contributed by atoms with Crippen molar-refractivity contribution in [3.05, 3.63) is 35.9 Å². The summed E-state index contributed by atoms with van der Waals surface area (Å²) < 4.78 is 5.13. The Morgan fingerprint density at radius 1 is 1.18 bits per heavy atom. The number of benzene rings is 1. The van der Waals surface area contributed by atoms with Crippen LogP contribution in [0.15, 0.2) is 30.3 Å². The van der Waals surface area contributed by atoms with Crippen molar-refractivity contribution in [2.45, 2.75) is 44.6 Å². The summed E-state index contributed by atoms with van der Waals surface area (Å²) in [5.74, 6) is -0.158. The molecule has 0 aliphatic heterocycles. The van der Waals surface area contributed by atoms with Gasteiger partial charge in [0.15, 0.2) is 0 Å². The average molecular weight is 325 g/mol. The number of carboxylic acids is 1. The highest BCUT2D eigenvalue weighted by Crippen LogP contribution is 2.19. The van der Waals surface area contributed by atoms with Crippen molar-refractivity contribution in [2.75, 3.05) is 5.75 Å². The van der Waals surface area contributed by atoms with Gasteiger partial charge < -0.3 is 15.2 Å². The molecule has 0 spiro atoms. The molecule has 22 heavy (non-hydrogen) atoms. The Morgan fingerprint density at radius 3 is 2.27 bits per heavy atom. The van der Waals surface area contributed by atoms with Crippen LogP contribution < -0.4 is 5.32 Å². The number of rotatable bonds is 6. The van der Waals surface area contributed by atoms with E-state index in [1.807, 2.05) is 30.3 Å². The molecule has 122 valence electrons. The molecule has 0 aliphatic carbocycles. The maximum Gasteiger partial charge on any atom is 0.408 e. The molecule has 0 heterocycles. The summed E-state index contributed by atoms with van der Waals surface area (Å²) in [6.07, 6.45) is -0.724. The molecule has 1 aromatic carbocycles. The molecule has 0 radical (unpaired) electrons. The minimum absolute atomic E-state index is 0.246. The molecule has 1 aromatic rings. The highest BCUT2D eigenvalue weighted by molar-refractivity contribution is 7.98. The molecular weight excluding hydrogens is 302 g/mol. The van der Waals surface area contributed by atoms with E-state index in [0.717, 1.165) is 5.56 Å². The molecule has 0 fully saturated rings. The summed E-state index contributed by atoms with van der Waals surface area (Å²) in [7, 11) is 0. The number of ether oxygens (including phenoxy) is 1. The minimum atomic E-state index is -1.37. The first-order valence-electron chi connectivity index (χ1n) is 6.99. The molecule has 0 bridgehead atoms. The lowest BCUT2D eigenvalue weighted by molar-refractivity contribution is -0.143. The second-order valence-corrected chi connectivity index (χ2v) is 7.23. The third-order valence-electron chi connectivity index (χ3n) is 2.75. The molecule has 6 heteroatoms. The van der Waals surface area contributed by atoms with Gasteiger partial charge in [-0.25, -0.2) is 9.59 Å². The van der Waals surface area contributed by atoms with Gasteiger partial charge in [0.1, 0.15) is 11.1 Å². The van der Waals surface area contributed by atoms with E-state index in [0.29, 0.717) is 5.75 Å². The predicted octanol–water partition coefficient (Wildman–Crippen LogP) is 3.29. The van der Waals surface area contributed by atoms with Gasteiger partial charge in [0.2, 0.25) is 0 Å². The number of hydrogen-bond acceptors (Lipinski definition) is 4. The Morgan fingerprint density at radius 2 is 1.77 bits per heavy atom. The third kappa shape index (κ3) is 6.39. The van der Waals surface area contributed by atoms with E-state index in [4.69, 9.17) is 4.74 Å². The molecule has 0 unspecified atom stereocenters. The Kier molecular flexibility index (Phi) is 6.29. The van der Waals surface area contributed by atoms with Crippen molar-refractivity contribution in [3.63, 3.8) is 0 Å². The smallest absolute Gasteiger partial charge is 0.408 e. The molecule has 0 saturated heterocycles. The normalized spacial score (nSPS) is 14.0. The number of amides is 1. The predicted molar refractivity (Wildman–Crippen MR) is 88.0 cm³/mol. The monoisotopic (exact) mass is 325 g/mol. The SMILES string of the molecule is CC(C)(C)OC(=O)N[C@@](C)(CSCc1ccccc1)C(=O)O. The number of carbonyl (C=O) groups excluding carboxylic acids is 1. The second-order valence-electron chi connectivity index (χ2n) is 6.24. The first kappa shape index (κ1) is 18.4. The van der Waals surface area contributed by atoms with E-state index in [1.165, 1.54) is 18.7 Å². The number of thioether (sulfide) groups is 1. The van der Waals surface area contributed by atoms with Crippen LogP contribution in [0.4, 0.5) is 4.79 Å². The Bertz CT molecular complexity index is 513. The van der Waals surface area contributed by atoms with Crippen LogP contribution in [0.5, 0.6) is 0 Å². The summed E-state index contributed by atoms with van der Waals surface area (Å²) in [4.78, 5) is 23.3. The molecule has 0 saturated carbocycles. The Balaban J connectivity index is 2.59. The lowest BCUT2D eigenvalue weighted by Crippen LogP contribution is -2.55. The van der Waals surface area contributed by atoms with Gasteiger partial charge in [-0.15, -0.1) is 0 Å². The van der Waals surface area contributed by atoms with Crippen molar-refractivity contribution >= 4 is 23.8 Å². The van der Waals surface area contributed by atoms with E-state index in [9.17, 15) is 14.7 Å². The highest BCUT2D eigenvalue weighted by atomic mass is 32.2. The molecular formula is C16H23NO4S. The number of alkyl carbamates (subject to hydrolysis) is 1. The van der Waals surface area contributed by atoms with Gasteiger partial charge in [-0.2, -0.15) is 11.8 Å². The topological polar surface area (TPSA) is 75.6 Å². The van der Waals surface area contributed by atoms with Crippen LogP contribution in [0.3, 0.4) is 0 Å². The van der Waals surface area contributed by atoms with Crippen LogP contribution in [-0.2, 0) is 15.3 Å². The lowest BCUT2D eigenvalue weighted by atomic mass is 10.1. The van der Waals surface area contributed by atoms with Crippen molar-refractivity contribution in [1.29, 1.82) is 0 Å². The van der Waals surface area contributed by atoms with E-state index < -0.39 is 23.2 Å². The summed E-state index contributed by atoms with van der Waals surface area (Å²) >= 11 is 1.45. The van der Waals surface area contributed by atoms with Crippen molar-refractivity contribution < 1.29 is 19.4 Å². The van der Waals surface area contributed by atoms with Gasteiger partial charge in [0.25, 0.3) is 0 Å². The van der Waals surface area contributed by atoms with Crippen LogP contribution in [0.1, 0.15) is 33.3 Å². The van der Waals surface area contributed by atoms with Gasteiger partial charge in [0.05, 0.1) is 0 Å². The third-order valence-corrected chi connectivity index (χ3v) is 4.07. The minimum Gasteiger partial charge on any atom is -0.479 e. The molecule has 5 nitrogen and oxygen atoms in total. The second kappa shape index (κ2) is 7.54. The highest BCUT2D eigenvalue weighted by Gasteiger charge is 2.36. The van der Waals surface area contributed by atoms with Crippen molar-refractivity contribution in [1.82, 2.24) is 5.32 Å². The maximum atomic E-state index is 11.8. The summed E-state index contributed by atoms with van der Waals surface area (Å²) in [6, 6.07) is 9.76. The zero-order valence-corrected chi connectivity index (χ0v) is 14.2. The number of nitrogens with one attached hydrogen (secondary N) is 1. The molecule has 0 aliphatic rings. The zero-order valence-electron chi connectivity index (χ0n) is 13.4. The summed E-state index contributed by atoms with van der Waals surface area (Å²) in [5, 5.41) is 11.8. The van der Waals surface area contributed by atoms with Crippen molar-refractivity contribution in [3.8, 4) is 0 Å². The lowest BCUT2D eigenvalue weighted by Gasteiger charge is -2.28. The van der Waals surface area contributed by atoms with Crippen LogP contribution >= 0.6 is 11.8 Å². The van der Waals surface area contributed by atoms with Gasteiger partial charge in [-0.1, -0.05) is 30.3 Å². The number of hydrogen-bond donors (Lipinski definition) is 2. The van der Waals surface area contributed by atoms with Crippen LogP contribution in [0.25, 0.3) is 0 Å². The van der Waals surface area contributed by atoms with Gasteiger partial charge in [0, 0.05) is 11.5 Å². The first-order chi connectivity index (χ1) is 10.1. The molecule has 2 N–H and O–H groups in total. The van der Waals surface area contributed by atoms with Crippen LogP contribution in [-0.4, -0.2) is 34.1 Å². The Labute approximate surface area is 135 Å². The average Bonchev–Trinajstić information content (AvgIpc) is 2.37. The van der Waals surface area contributed by atoms with Gasteiger partial charge in [-0.3, -0.25) is 0 Å². The van der Waals surface area contributed by atoms with E-state index in [-0.39, 0.29) is 5.75 Å². The number of carboxylic acid groups (broad SMARTS) is 1.